The van der Waals surface area contributed by atoms with E-state index in [1.54, 1.807) is 23.9 Å². The zero-order valence-corrected chi connectivity index (χ0v) is 13.3. The molecule has 0 unspecified atom stereocenters. The van der Waals surface area contributed by atoms with Crippen molar-refractivity contribution in [3.8, 4) is 0 Å². The highest BCUT2D eigenvalue weighted by Gasteiger charge is 2.24. The van der Waals surface area contributed by atoms with Crippen molar-refractivity contribution >= 4 is 23.6 Å². The summed E-state index contributed by atoms with van der Waals surface area (Å²) in [5.41, 5.74) is 1.65. The van der Waals surface area contributed by atoms with E-state index in [9.17, 15) is 9.59 Å². The summed E-state index contributed by atoms with van der Waals surface area (Å²) < 4.78 is 4.66. The van der Waals surface area contributed by atoms with Crippen LogP contribution in [-0.2, 0) is 15.3 Å². The van der Waals surface area contributed by atoms with E-state index in [1.807, 2.05) is 24.1 Å². The molecule has 4 nitrogen and oxygen atoms in total. The first kappa shape index (κ1) is 15.9. The molecule has 0 radical (unpaired) electrons. The van der Waals surface area contributed by atoms with Gasteiger partial charge in [0.15, 0.2) is 0 Å². The van der Waals surface area contributed by atoms with Crippen molar-refractivity contribution in [2.24, 2.45) is 5.92 Å². The minimum Gasteiger partial charge on any atom is -0.465 e. The third kappa shape index (κ3) is 5.08. The van der Waals surface area contributed by atoms with Gasteiger partial charge in [0.2, 0.25) is 5.91 Å². The molecule has 0 aromatic heterocycles. The Labute approximate surface area is 129 Å². The van der Waals surface area contributed by atoms with Crippen molar-refractivity contribution in [1.82, 2.24) is 4.90 Å². The molecule has 1 aliphatic carbocycles. The number of ether oxygens (including phenoxy) is 1. The number of esters is 1. The molecule has 0 aliphatic heterocycles. The average molecular weight is 307 g/mol. The smallest absolute Gasteiger partial charge is 0.337 e. The Morgan fingerprint density at radius 1 is 1.29 bits per heavy atom. The highest BCUT2D eigenvalue weighted by Crippen LogP contribution is 2.29. The quantitative estimate of drug-likeness (QED) is 0.726. The van der Waals surface area contributed by atoms with Crippen molar-refractivity contribution in [2.75, 3.05) is 26.5 Å². The van der Waals surface area contributed by atoms with Crippen LogP contribution >= 0.6 is 11.8 Å². The van der Waals surface area contributed by atoms with Crippen molar-refractivity contribution in [2.45, 2.75) is 18.6 Å². The average Bonchev–Trinajstić information content (AvgIpc) is 3.31. The van der Waals surface area contributed by atoms with E-state index in [4.69, 9.17) is 0 Å². The Kier molecular flexibility index (Phi) is 5.67. The first-order chi connectivity index (χ1) is 10.1. The number of carbonyl (C=O) groups is 2. The van der Waals surface area contributed by atoms with Crippen LogP contribution in [0.3, 0.4) is 0 Å². The number of hydrogen-bond donors (Lipinski definition) is 0. The lowest BCUT2D eigenvalue weighted by molar-refractivity contribution is -0.127. The number of benzene rings is 1. The summed E-state index contributed by atoms with van der Waals surface area (Å²) in [5.74, 6) is 1.87. The molecule has 1 aromatic rings. The van der Waals surface area contributed by atoms with Gasteiger partial charge in [0, 0.05) is 19.3 Å². The van der Waals surface area contributed by atoms with Crippen LogP contribution in [-0.4, -0.2) is 43.2 Å². The summed E-state index contributed by atoms with van der Waals surface area (Å²) in [4.78, 5) is 25.1. The molecule has 0 N–H and O–H groups in total. The van der Waals surface area contributed by atoms with Crippen LogP contribution in [0.4, 0.5) is 0 Å². The monoisotopic (exact) mass is 307 g/mol. The molecule has 0 spiro atoms. The fraction of sp³-hybridized carbons (Fsp3) is 0.500. The second-order valence-electron chi connectivity index (χ2n) is 5.40. The fourth-order valence-corrected chi connectivity index (χ4v) is 2.94. The lowest BCUT2D eigenvalue weighted by atomic mass is 10.1. The second kappa shape index (κ2) is 7.50. The van der Waals surface area contributed by atoms with Gasteiger partial charge >= 0.3 is 5.97 Å². The van der Waals surface area contributed by atoms with Crippen molar-refractivity contribution < 1.29 is 14.3 Å². The van der Waals surface area contributed by atoms with Crippen LogP contribution in [0.1, 0.15) is 28.8 Å². The van der Waals surface area contributed by atoms with Crippen LogP contribution in [0, 0.1) is 5.92 Å². The number of amides is 1. The van der Waals surface area contributed by atoms with Gasteiger partial charge in [-0.05, 0) is 36.5 Å². The van der Waals surface area contributed by atoms with Gasteiger partial charge in [-0.2, -0.15) is 0 Å². The third-order valence-electron chi connectivity index (χ3n) is 3.52. The molecule has 1 saturated carbocycles. The molecular formula is C16H21NO3S. The minimum absolute atomic E-state index is 0.193. The Morgan fingerprint density at radius 2 is 1.95 bits per heavy atom. The summed E-state index contributed by atoms with van der Waals surface area (Å²) in [6.07, 6.45) is 2.52. The number of thioether (sulfide) groups is 1. The predicted molar refractivity (Wildman–Crippen MR) is 84.3 cm³/mol. The molecular weight excluding hydrogens is 286 g/mol. The maximum absolute atomic E-state index is 11.9. The standard InChI is InChI=1S/C16H21NO3S/c1-17(9-12-3-4-12)15(18)11-21-10-13-5-7-14(8-6-13)16(19)20-2/h5-8,12H,3-4,9-11H2,1-2H3. The van der Waals surface area contributed by atoms with Crippen molar-refractivity contribution in [1.29, 1.82) is 0 Å². The molecule has 5 heteroatoms. The van der Waals surface area contributed by atoms with Gasteiger partial charge in [0.1, 0.15) is 0 Å². The second-order valence-corrected chi connectivity index (χ2v) is 6.38. The van der Waals surface area contributed by atoms with E-state index in [0.717, 1.165) is 23.8 Å². The van der Waals surface area contributed by atoms with Crippen molar-refractivity contribution in [3.63, 3.8) is 0 Å². The molecule has 2 rings (SSSR count). The molecule has 0 bridgehead atoms. The largest absolute Gasteiger partial charge is 0.465 e. The lowest BCUT2D eigenvalue weighted by Crippen LogP contribution is -2.30. The van der Waals surface area contributed by atoms with Gasteiger partial charge in [-0.15, -0.1) is 11.8 Å². The molecule has 114 valence electrons. The highest BCUT2D eigenvalue weighted by atomic mass is 32.2. The summed E-state index contributed by atoms with van der Waals surface area (Å²) in [5, 5.41) is 0. The summed E-state index contributed by atoms with van der Waals surface area (Å²) in [7, 11) is 3.25. The Bertz CT molecular complexity index is 497. The van der Waals surface area contributed by atoms with Crippen LogP contribution in [0.15, 0.2) is 24.3 Å². The number of methoxy groups -OCH3 is 1. The third-order valence-corrected chi connectivity index (χ3v) is 4.51. The Morgan fingerprint density at radius 3 is 2.52 bits per heavy atom. The van der Waals surface area contributed by atoms with Crippen LogP contribution < -0.4 is 0 Å². The SMILES string of the molecule is COC(=O)c1ccc(CSCC(=O)N(C)CC2CC2)cc1. The van der Waals surface area contributed by atoms with Gasteiger partial charge in [-0.3, -0.25) is 4.79 Å². The molecule has 1 aromatic carbocycles. The maximum atomic E-state index is 11.9. The van der Waals surface area contributed by atoms with E-state index in [2.05, 4.69) is 4.74 Å². The van der Waals surface area contributed by atoms with E-state index in [0.29, 0.717) is 11.3 Å². The first-order valence-electron chi connectivity index (χ1n) is 7.09. The molecule has 1 aliphatic rings. The number of rotatable bonds is 7. The van der Waals surface area contributed by atoms with E-state index in [-0.39, 0.29) is 11.9 Å². The molecule has 0 saturated heterocycles. The van der Waals surface area contributed by atoms with E-state index >= 15 is 0 Å². The molecule has 1 fully saturated rings. The first-order valence-corrected chi connectivity index (χ1v) is 8.24. The van der Waals surface area contributed by atoms with Crippen LogP contribution in [0.5, 0.6) is 0 Å². The zero-order valence-electron chi connectivity index (χ0n) is 12.5. The number of hydrogen-bond acceptors (Lipinski definition) is 4. The molecule has 0 atom stereocenters. The van der Waals surface area contributed by atoms with Gasteiger partial charge in [0.25, 0.3) is 0 Å². The molecule has 1 amide bonds. The minimum atomic E-state index is -0.328. The molecule has 0 heterocycles. The van der Waals surface area contributed by atoms with Gasteiger partial charge in [-0.1, -0.05) is 12.1 Å². The van der Waals surface area contributed by atoms with Gasteiger partial charge in [-0.25, -0.2) is 4.79 Å². The van der Waals surface area contributed by atoms with E-state index < -0.39 is 0 Å². The van der Waals surface area contributed by atoms with Gasteiger partial charge in [0.05, 0.1) is 18.4 Å². The maximum Gasteiger partial charge on any atom is 0.337 e. The fourth-order valence-electron chi connectivity index (χ4n) is 2.01. The summed E-state index contributed by atoms with van der Waals surface area (Å²) in [6, 6.07) is 7.31. The Balaban J connectivity index is 1.72. The zero-order chi connectivity index (χ0) is 15.2. The molecule has 21 heavy (non-hydrogen) atoms. The van der Waals surface area contributed by atoms with Gasteiger partial charge < -0.3 is 9.64 Å². The normalized spacial score (nSPS) is 13.8. The van der Waals surface area contributed by atoms with E-state index in [1.165, 1.54) is 20.0 Å². The number of nitrogens with zero attached hydrogens (tertiary/aromatic N) is 1. The lowest BCUT2D eigenvalue weighted by Gasteiger charge is -2.16. The van der Waals surface area contributed by atoms with Crippen LogP contribution in [0.25, 0.3) is 0 Å². The van der Waals surface area contributed by atoms with Crippen LogP contribution in [0.2, 0.25) is 0 Å². The van der Waals surface area contributed by atoms with Crippen molar-refractivity contribution in [3.05, 3.63) is 35.4 Å². The highest BCUT2D eigenvalue weighted by molar-refractivity contribution is 7.99. The summed E-state index contributed by atoms with van der Waals surface area (Å²) in [6.45, 7) is 0.896. The topological polar surface area (TPSA) is 46.6 Å². The summed E-state index contributed by atoms with van der Waals surface area (Å²) >= 11 is 1.60. The number of carbonyl (C=O) groups excluding carboxylic acids is 2. The predicted octanol–water partition coefficient (Wildman–Crippen LogP) is 2.57. The Hall–Kier alpha value is -1.49.